The second-order valence-corrected chi connectivity index (χ2v) is 9.70. The second-order valence-electron chi connectivity index (χ2n) is 9.70. The Morgan fingerprint density at radius 1 is 0.975 bits per heavy atom. The molecule has 2 rings (SSSR count). The number of nitrogens with one attached hydrogen (secondary N) is 3. The highest BCUT2D eigenvalue weighted by Gasteiger charge is 2.27. The quantitative estimate of drug-likeness (QED) is 0.158. The molecule has 0 saturated heterocycles. The molecule has 2 aromatic rings. The first-order valence-corrected chi connectivity index (χ1v) is 12.0. The molecular formula is C26H29F4N3O7. The van der Waals surface area contributed by atoms with E-state index in [-0.39, 0.29) is 18.0 Å². The molecule has 0 fully saturated rings. The smallest absolute Gasteiger partial charge is 0.313 e. The number of halogens is 4. The average molecular weight is 572 g/mol. The van der Waals surface area contributed by atoms with Crippen LogP contribution < -0.4 is 20.7 Å². The maximum Gasteiger partial charge on any atom is 0.313 e. The lowest BCUT2D eigenvalue weighted by Crippen LogP contribution is -2.48. The van der Waals surface area contributed by atoms with Crippen molar-refractivity contribution in [2.45, 2.75) is 51.2 Å². The number of carbonyl (C=O) groups excluding carboxylic acids is 3. The Labute approximate surface area is 226 Å². The summed E-state index contributed by atoms with van der Waals surface area (Å²) in [6.45, 7) is 4.39. The molecule has 0 radical (unpaired) electrons. The van der Waals surface area contributed by atoms with Crippen LogP contribution in [0.2, 0.25) is 0 Å². The van der Waals surface area contributed by atoms with Crippen molar-refractivity contribution in [1.82, 2.24) is 10.6 Å². The Kier molecular flexibility index (Phi) is 11.0. The molecular weight excluding hydrogens is 542 g/mol. The zero-order chi connectivity index (χ0) is 30.2. The van der Waals surface area contributed by atoms with E-state index < -0.39 is 84.3 Å². The molecule has 0 aliphatic heterocycles. The van der Waals surface area contributed by atoms with E-state index in [0.717, 1.165) is 5.56 Å². The molecule has 40 heavy (non-hydrogen) atoms. The molecule has 0 bridgehead atoms. The molecule has 2 atom stereocenters. The van der Waals surface area contributed by atoms with Crippen LogP contribution in [0.1, 0.15) is 39.2 Å². The fraction of sp³-hybridized carbons (Fsp3) is 0.385. The summed E-state index contributed by atoms with van der Waals surface area (Å²) in [7, 11) is 0. The van der Waals surface area contributed by atoms with Gasteiger partial charge in [0.1, 0.15) is 12.7 Å². The molecule has 0 aliphatic rings. The number of hydrogen-bond donors (Lipinski definition) is 5. The number of carboxylic acids is 1. The third-order valence-corrected chi connectivity index (χ3v) is 5.50. The van der Waals surface area contributed by atoms with Crippen molar-refractivity contribution < 1.29 is 51.7 Å². The fourth-order valence-electron chi connectivity index (χ4n) is 3.51. The highest BCUT2D eigenvalue weighted by molar-refractivity contribution is 6.39. The van der Waals surface area contributed by atoms with Crippen molar-refractivity contribution in [3.63, 3.8) is 0 Å². The van der Waals surface area contributed by atoms with Crippen LogP contribution in [0.5, 0.6) is 5.75 Å². The molecule has 5 N–H and O–H groups in total. The fourth-order valence-corrected chi connectivity index (χ4v) is 3.51. The maximum absolute atomic E-state index is 13.8. The first-order valence-electron chi connectivity index (χ1n) is 12.0. The summed E-state index contributed by atoms with van der Waals surface area (Å²) in [5.74, 6) is -13.1. The Morgan fingerprint density at radius 2 is 1.57 bits per heavy atom. The van der Waals surface area contributed by atoms with Crippen LogP contribution in [0.3, 0.4) is 0 Å². The molecule has 0 spiro atoms. The van der Waals surface area contributed by atoms with Crippen molar-refractivity contribution in [1.29, 1.82) is 0 Å². The van der Waals surface area contributed by atoms with E-state index in [1.54, 1.807) is 24.3 Å². The number of carbonyl (C=O) groups is 4. The number of ether oxygens (including phenoxy) is 1. The van der Waals surface area contributed by atoms with Crippen LogP contribution in [0, 0.1) is 23.3 Å². The summed E-state index contributed by atoms with van der Waals surface area (Å²) in [5.41, 5.74) is 0.896. The predicted octanol–water partition coefficient (Wildman–Crippen LogP) is 2.38. The summed E-state index contributed by atoms with van der Waals surface area (Å²) in [6.07, 6.45) is -3.19. The minimum Gasteiger partial charge on any atom is -0.485 e. The SMILES string of the molecule is CC(C)(C)c1ccccc1NC(=O)C(=O)NCCC(=O)N[C@@H](CC(=O)O)C(O)COc1c(F)c(F)cc(F)c1F. The van der Waals surface area contributed by atoms with Gasteiger partial charge >= 0.3 is 17.8 Å². The van der Waals surface area contributed by atoms with Gasteiger partial charge in [0.25, 0.3) is 0 Å². The van der Waals surface area contributed by atoms with Crippen molar-refractivity contribution >= 4 is 29.4 Å². The average Bonchev–Trinajstić information content (AvgIpc) is 2.86. The number of para-hydroxylation sites is 1. The van der Waals surface area contributed by atoms with Crippen LogP contribution >= 0.6 is 0 Å². The molecule has 2 aromatic carbocycles. The molecule has 3 amide bonds. The Hall–Kier alpha value is -4.20. The second kappa shape index (κ2) is 13.7. The van der Waals surface area contributed by atoms with Crippen LogP contribution in [-0.4, -0.2) is 59.2 Å². The lowest BCUT2D eigenvalue weighted by atomic mass is 9.86. The number of hydrogen-bond acceptors (Lipinski definition) is 6. The number of carboxylic acid groups (broad SMARTS) is 1. The van der Waals surface area contributed by atoms with Crippen LogP contribution in [0.15, 0.2) is 30.3 Å². The topological polar surface area (TPSA) is 154 Å². The van der Waals surface area contributed by atoms with Gasteiger partial charge in [-0.2, -0.15) is 8.78 Å². The van der Waals surface area contributed by atoms with Gasteiger partial charge in [-0.1, -0.05) is 39.0 Å². The zero-order valence-electron chi connectivity index (χ0n) is 21.8. The number of rotatable bonds is 11. The standard InChI is InChI=1S/C26H29F4N3O7/c1-26(2,3)13-6-4-5-7-16(13)33-25(39)24(38)31-9-8-19(35)32-17(11-20(36)37)18(34)12-40-23-21(29)14(27)10-15(28)22(23)30/h4-7,10,17-18,34H,8-9,11-12H2,1-3H3,(H,31,38)(H,32,35)(H,33,39)(H,36,37)/t17-,18?/m0/s1. The summed E-state index contributed by atoms with van der Waals surface area (Å²) < 4.78 is 58.8. The molecule has 1 unspecified atom stereocenters. The van der Waals surface area contributed by atoms with Gasteiger partial charge in [0.2, 0.25) is 17.5 Å². The van der Waals surface area contributed by atoms with E-state index in [2.05, 4.69) is 20.7 Å². The van der Waals surface area contributed by atoms with Gasteiger partial charge in [-0.05, 0) is 17.0 Å². The molecule has 10 nitrogen and oxygen atoms in total. The maximum atomic E-state index is 13.8. The van der Waals surface area contributed by atoms with E-state index in [1.165, 1.54) is 0 Å². The summed E-state index contributed by atoms with van der Waals surface area (Å²) in [4.78, 5) is 47.9. The number of aliphatic hydroxyl groups is 1. The number of amides is 3. The third-order valence-electron chi connectivity index (χ3n) is 5.50. The van der Waals surface area contributed by atoms with Gasteiger partial charge in [-0.3, -0.25) is 19.2 Å². The predicted molar refractivity (Wildman–Crippen MR) is 133 cm³/mol. The van der Waals surface area contributed by atoms with Gasteiger partial charge in [-0.25, -0.2) is 8.78 Å². The molecule has 0 saturated carbocycles. The Morgan fingerprint density at radius 3 is 2.15 bits per heavy atom. The lowest BCUT2D eigenvalue weighted by Gasteiger charge is -2.23. The van der Waals surface area contributed by atoms with Crippen molar-refractivity contribution in [3.8, 4) is 5.75 Å². The van der Waals surface area contributed by atoms with Crippen LogP contribution in [-0.2, 0) is 24.6 Å². The van der Waals surface area contributed by atoms with Gasteiger partial charge in [0, 0.05) is 24.7 Å². The lowest BCUT2D eigenvalue weighted by molar-refractivity contribution is -0.139. The molecule has 0 aliphatic carbocycles. The van der Waals surface area contributed by atoms with E-state index in [1.807, 2.05) is 20.8 Å². The Bertz CT molecular complexity index is 1240. The number of aliphatic carboxylic acids is 1. The first kappa shape index (κ1) is 32.0. The highest BCUT2D eigenvalue weighted by atomic mass is 19.2. The van der Waals surface area contributed by atoms with E-state index in [4.69, 9.17) is 5.11 Å². The first-order chi connectivity index (χ1) is 18.6. The highest BCUT2D eigenvalue weighted by Crippen LogP contribution is 2.29. The van der Waals surface area contributed by atoms with E-state index in [9.17, 15) is 41.8 Å². The normalized spacial score (nSPS) is 12.7. The summed E-state index contributed by atoms with van der Waals surface area (Å²) in [5, 5.41) is 26.2. The summed E-state index contributed by atoms with van der Waals surface area (Å²) >= 11 is 0. The van der Waals surface area contributed by atoms with Crippen molar-refractivity contribution in [2.75, 3.05) is 18.5 Å². The monoisotopic (exact) mass is 571 g/mol. The number of anilines is 1. The van der Waals surface area contributed by atoms with Crippen molar-refractivity contribution in [3.05, 3.63) is 59.2 Å². The van der Waals surface area contributed by atoms with Crippen LogP contribution in [0.25, 0.3) is 0 Å². The van der Waals surface area contributed by atoms with E-state index >= 15 is 0 Å². The van der Waals surface area contributed by atoms with Gasteiger partial charge in [0.15, 0.2) is 17.4 Å². The molecule has 0 aromatic heterocycles. The largest absolute Gasteiger partial charge is 0.485 e. The van der Waals surface area contributed by atoms with Gasteiger partial charge in [-0.15, -0.1) is 0 Å². The van der Waals surface area contributed by atoms with Crippen molar-refractivity contribution in [2.24, 2.45) is 0 Å². The number of aliphatic hydroxyl groups excluding tert-OH is 1. The third kappa shape index (κ3) is 8.93. The minimum absolute atomic E-state index is 0.0470. The molecule has 218 valence electrons. The van der Waals surface area contributed by atoms with Gasteiger partial charge in [0.05, 0.1) is 12.5 Å². The Balaban J connectivity index is 1.92. The van der Waals surface area contributed by atoms with Gasteiger partial charge < -0.3 is 30.9 Å². The molecule has 0 heterocycles. The summed E-state index contributed by atoms with van der Waals surface area (Å²) in [6, 6.07) is 5.30. The molecule has 14 heteroatoms. The van der Waals surface area contributed by atoms with Crippen LogP contribution in [0.4, 0.5) is 23.2 Å². The van der Waals surface area contributed by atoms with E-state index in [0.29, 0.717) is 5.69 Å². The number of benzene rings is 2. The zero-order valence-corrected chi connectivity index (χ0v) is 21.8. The minimum atomic E-state index is -1.88.